The Morgan fingerprint density at radius 1 is 1.53 bits per heavy atom. The first-order valence-electron chi connectivity index (χ1n) is 4.55. The average molecular weight is 215 g/mol. The Kier molecular flexibility index (Phi) is 3.88. The molecule has 0 saturated carbocycles. The van der Waals surface area contributed by atoms with E-state index in [1.807, 2.05) is 0 Å². The third-order valence-corrected chi connectivity index (χ3v) is 2.12. The number of halogens is 1. The van der Waals surface area contributed by atoms with Crippen LogP contribution in [-0.2, 0) is 0 Å². The molecule has 0 heterocycles. The summed E-state index contributed by atoms with van der Waals surface area (Å²) in [6.45, 7) is 0.278. The molecule has 84 valence electrons. The zero-order chi connectivity index (χ0) is 11.4. The van der Waals surface area contributed by atoms with Crippen molar-refractivity contribution in [1.82, 2.24) is 0 Å². The SMILES string of the molecule is COc1c(F)ccc(C(O)CCN)c1O. The van der Waals surface area contributed by atoms with Crippen molar-refractivity contribution in [2.45, 2.75) is 12.5 Å². The number of hydrogen-bond donors (Lipinski definition) is 3. The summed E-state index contributed by atoms with van der Waals surface area (Å²) in [4.78, 5) is 0. The average Bonchev–Trinajstić information content (AvgIpc) is 2.18. The first kappa shape index (κ1) is 11.7. The molecule has 5 heteroatoms. The van der Waals surface area contributed by atoms with Gasteiger partial charge in [-0.3, -0.25) is 0 Å². The summed E-state index contributed by atoms with van der Waals surface area (Å²) in [5.41, 5.74) is 5.49. The maximum Gasteiger partial charge on any atom is 0.196 e. The van der Waals surface area contributed by atoms with Crippen LogP contribution in [0.2, 0.25) is 0 Å². The van der Waals surface area contributed by atoms with Crippen LogP contribution >= 0.6 is 0 Å². The van der Waals surface area contributed by atoms with Crippen LogP contribution in [0.4, 0.5) is 4.39 Å². The van der Waals surface area contributed by atoms with E-state index >= 15 is 0 Å². The molecule has 1 rings (SSSR count). The number of hydrogen-bond acceptors (Lipinski definition) is 4. The number of phenols is 1. The standard InChI is InChI=1S/C10H14FNO3/c1-15-10-7(11)3-2-6(9(10)14)8(13)4-5-12/h2-3,8,13-14H,4-5,12H2,1H3. The Bertz CT molecular complexity index is 344. The minimum atomic E-state index is -0.913. The summed E-state index contributed by atoms with van der Waals surface area (Å²) in [6, 6.07) is 2.45. The van der Waals surface area contributed by atoms with Gasteiger partial charge in [-0.25, -0.2) is 4.39 Å². The summed E-state index contributed by atoms with van der Waals surface area (Å²) in [7, 11) is 1.25. The van der Waals surface area contributed by atoms with Gasteiger partial charge in [0.25, 0.3) is 0 Å². The highest BCUT2D eigenvalue weighted by Crippen LogP contribution is 2.36. The Morgan fingerprint density at radius 2 is 2.20 bits per heavy atom. The molecule has 0 spiro atoms. The molecule has 4 N–H and O–H groups in total. The van der Waals surface area contributed by atoms with Crippen molar-refractivity contribution in [1.29, 1.82) is 0 Å². The van der Waals surface area contributed by atoms with Gasteiger partial charge >= 0.3 is 0 Å². The second-order valence-electron chi connectivity index (χ2n) is 3.11. The van der Waals surface area contributed by atoms with Crippen LogP contribution in [0.15, 0.2) is 12.1 Å². The van der Waals surface area contributed by atoms with Gasteiger partial charge in [0.05, 0.1) is 13.2 Å². The molecule has 0 fully saturated rings. The minimum absolute atomic E-state index is 0.221. The van der Waals surface area contributed by atoms with Crippen LogP contribution in [-0.4, -0.2) is 23.9 Å². The van der Waals surface area contributed by atoms with Gasteiger partial charge in [-0.1, -0.05) is 0 Å². The van der Waals surface area contributed by atoms with E-state index in [4.69, 9.17) is 5.73 Å². The monoisotopic (exact) mass is 215 g/mol. The maximum atomic E-state index is 13.1. The molecule has 0 radical (unpaired) electrons. The van der Waals surface area contributed by atoms with E-state index in [1.54, 1.807) is 0 Å². The van der Waals surface area contributed by atoms with Crippen LogP contribution in [0, 0.1) is 5.82 Å². The topological polar surface area (TPSA) is 75.7 Å². The predicted octanol–water partition coefficient (Wildman–Crippen LogP) is 0.922. The van der Waals surface area contributed by atoms with Crippen molar-refractivity contribution >= 4 is 0 Å². The fourth-order valence-electron chi connectivity index (χ4n) is 1.34. The van der Waals surface area contributed by atoms with Crippen molar-refractivity contribution in [3.05, 3.63) is 23.5 Å². The fourth-order valence-corrected chi connectivity index (χ4v) is 1.34. The van der Waals surface area contributed by atoms with Crippen LogP contribution in [0.3, 0.4) is 0 Å². The van der Waals surface area contributed by atoms with E-state index < -0.39 is 11.9 Å². The van der Waals surface area contributed by atoms with Crippen molar-refractivity contribution < 1.29 is 19.3 Å². The number of aliphatic hydroxyl groups is 1. The molecule has 1 aromatic carbocycles. The predicted molar refractivity (Wildman–Crippen MR) is 53.2 cm³/mol. The van der Waals surface area contributed by atoms with Gasteiger partial charge < -0.3 is 20.7 Å². The lowest BCUT2D eigenvalue weighted by atomic mass is 10.0. The third kappa shape index (κ3) is 2.37. The summed E-state index contributed by atoms with van der Waals surface area (Å²) >= 11 is 0. The van der Waals surface area contributed by atoms with Gasteiger partial charge in [0.15, 0.2) is 17.3 Å². The summed E-state index contributed by atoms with van der Waals surface area (Å²) in [6.07, 6.45) is -0.619. The third-order valence-electron chi connectivity index (χ3n) is 2.12. The lowest BCUT2D eigenvalue weighted by Gasteiger charge is -2.14. The van der Waals surface area contributed by atoms with E-state index in [9.17, 15) is 14.6 Å². The number of aliphatic hydroxyl groups excluding tert-OH is 1. The second kappa shape index (κ2) is 4.95. The molecule has 0 saturated heterocycles. The van der Waals surface area contributed by atoms with Crippen LogP contribution in [0.25, 0.3) is 0 Å². The van der Waals surface area contributed by atoms with Crippen molar-refractivity contribution in [3.63, 3.8) is 0 Å². The molecule has 1 atom stereocenters. The Labute approximate surface area is 87.1 Å². The van der Waals surface area contributed by atoms with Crippen LogP contribution in [0.1, 0.15) is 18.1 Å². The summed E-state index contributed by atoms with van der Waals surface area (Å²) < 4.78 is 17.8. The molecule has 0 aliphatic rings. The van der Waals surface area contributed by atoms with E-state index in [2.05, 4.69) is 4.74 Å². The Balaban J connectivity index is 3.09. The highest BCUT2D eigenvalue weighted by atomic mass is 19.1. The quantitative estimate of drug-likeness (QED) is 0.698. The lowest BCUT2D eigenvalue weighted by Crippen LogP contribution is -2.07. The Hall–Kier alpha value is -1.33. The zero-order valence-corrected chi connectivity index (χ0v) is 8.40. The van der Waals surface area contributed by atoms with Crippen LogP contribution in [0.5, 0.6) is 11.5 Å². The smallest absolute Gasteiger partial charge is 0.196 e. The molecule has 4 nitrogen and oxygen atoms in total. The number of phenolic OH excluding ortho intramolecular Hbond substituents is 1. The Morgan fingerprint density at radius 3 is 2.73 bits per heavy atom. The van der Waals surface area contributed by atoms with Crippen LogP contribution < -0.4 is 10.5 Å². The fraction of sp³-hybridized carbons (Fsp3) is 0.400. The number of nitrogens with two attached hydrogens (primary N) is 1. The van der Waals surface area contributed by atoms with Gasteiger partial charge in [0.2, 0.25) is 0 Å². The first-order valence-corrected chi connectivity index (χ1v) is 4.55. The van der Waals surface area contributed by atoms with E-state index in [1.165, 1.54) is 13.2 Å². The normalized spacial score (nSPS) is 12.5. The van der Waals surface area contributed by atoms with Crippen molar-refractivity contribution in [2.75, 3.05) is 13.7 Å². The van der Waals surface area contributed by atoms with Gasteiger partial charge in [0.1, 0.15) is 0 Å². The van der Waals surface area contributed by atoms with E-state index in [0.717, 1.165) is 6.07 Å². The number of benzene rings is 1. The largest absolute Gasteiger partial charge is 0.504 e. The first-order chi connectivity index (χ1) is 7.11. The minimum Gasteiger partial charge on any atom is -0.504 e. The molecule has 0 aromatic heterocycles. The van der Waals surface area contributed by atoms with Gasteiger partial charge in [-0.15, -0.1) is 0 Å². The molecule has 1 aromatic rings. The molecule has 15 heavy (non-hydrogen) atoms. The summed E-state index contributed by atoms with van der Waals surface area (Å²) in [5.74, 6) is -1.30. The molecular weight excluding hydrogens is 201 g/mol. The number of ether oxygens (including phenoxy) is 1. The zero-order valence-electron chi connectivity index (χ0n) is 8.40. The van der Waals surface area contributed by atoms with E-state index in [-0.39, 0.29) is 23.6 Å². The molecule has 1 unspecified atom stereocenters. The van der Waals surface area contributed by atoms with Gasteiger partial charge in [-0.05, 0) is 25.1 Å². The van der Waals surface area contributed by atoms with Crippen molar-refractivity contribution in [3.8, 4) is 11.5 Å². The van der Waals surface area contributed by atoms with Gasteiger partial charge in [0, 0.05) is 5.56 Å². The lowest BCUT2D eigenvalue weighted by molar-refractivity contribution is 0.165. The molecule has 0 bridgehead atoms. The second-order valence-corrected chi connectivity index (χ2v) is 3.11. The maximum absolute atomic E-state index is 13.1. The van der Waals surface area contributed by atoms with Crippen molar-refractivity contribution in [2.24, 2.45) is 5.73 Å². The summed E-state index contributed by atoms with van der Waals surface area (Å²) in [5, 5.41) is 19.2. The molecular formula is C10H14FNO3. The number of rotatable bonds is 4. The van der Waals surface area contributed by atoms with E-state index in [0.29, 0.717) is 6.42 Å². The van der Waals surface area contributed by atoms with Gasteiger partial charge in [-0.2, -0.15) is 0 Å². The highest BCUT2D eigenvalue weighted by molar-refractivity contribution is 5.47. The molecule has 0 amide bonds. The molecule has 0 aliphatic carbocycles. The number of aromatic hydroxyl groups is 1. The molecule has 0 aliphatic heterocycles. The highest BCUT2D eigenvalue weighted by Gasteiger charge is 2.18. The number of methoxy groups -OCH3 is 1.